The van der Waals surface area contributed by atoms with Crippen molar-refractivity contribution in [3.63, 3.8) is 0 Å². The van der Waals surface area contributed by atoms with Crippen LogP contribution in [0, 0.1) is 5.92 Å². The van der Waals surface area contributed by atoms with Gasteiger partial charge in [-0.15, -0.1) is 11.6 Å². The average Bonchev–Trinajstić information content (AvgIpc) is 2.38. The van der Waals surface area contributed by atoms with Crippen molar-refractivity contribution < 1.29 is 13.2 Å². The van der Waals surface area contributed by atoms with E-state index in [9.17, 15) is 8.42 Å². The van der Waals surface area contributed by atoms with Gasteiger partial charge in [0.05, 0.1) is 12.2 Å². The molecule has 0 amide bonds. The molecule has 0 aromatic rings. The Morgan fingerprint density at radius 1 is 1.16 bits per heavy atom. The number of rotatable bonds is 3. The molecule has 0 aliphatic carbocycles. The van der Waals surface area contributed by atoms with Gasteiger partial charge in [-0.2, -0.15) is 17.0 Å². The van der Waals surface area contributed by atoms with Gasteiger partial charge in [-0.3, -0.25) is 0 Å². The molecule has 2 fully saturated rings. The van der Waals surface area contributed by atoms with Crippen LogP contribution in [0.4, 0.5) is 0 Å². The first kappa shape index (κ1) is 15.5. The molecule has 0 aromatic carbocycles. The molecule has 2 saturated heterocycles. The van der Waals surface area contributed by atoms with E-state index in [1.807, 2.05) is 6.92 Å². The minimum Gasteiger partial charge on any atom is -0.371 e. The van der Waals surface area contributed by atoms with Gasteiger partial charge in [-0.1, -0.05) is 6.92 Å². The topological polar surface area (TPSA) is 49.9 Å². The number of morpholine rings is 1. The third kappa shape index (κ3) is 3.61. The lowest BCUT2D eigenvalue weighted by Gasteiger charge is -2.39. The van der Waals surface area contributed by atoms with Crippen molar-refractivity contribution in [2.45, 2.75) is 38.9 Å². The zero-order valence-electron chi connectivity index (χ0n) is 11.6. The first-order chi connectivity index (χ1) is 8.93. The minimum absolute atomic E-state index is 0.101. The second-order valence-corrected chi connectivity index (χ2v) is 7.87. The van der Waals surface area contributed by atoms with Crippen LogP contribution < -0.4 is 0 Å². The Labute approximate surface area is 121 Å². The van der Waals surface area contributed by atoms with Gasteiger partial charge in [0.15, 0.2) is 0 Å². The van der Waals surface area contributed by atoms with Gasteiger partial charge in [0.25, 0.3) is 10.2 Å². The fourth-order valence-corrected chi connectivity index (χ4v) is 4.58. The summed E-state index contributed by atoms with van der Waals surface area (Å²) in [6.45, 7) is 6.09. The Kier molecular flexibility index (Phi) is 5.11. The van der Waals surface area contributed by atoms with E-state index >= 15 is 0 Å². The zero-order chi connectivity index (χ0) is 14.0. The van der Waals surface area contributed by atoms with Crippen molar-refractivity contribution in [3.8, 4) is 0 Å². The molecule has 5 nitrogen and oxygen atoms in total. The molecule has 7 heteroatoms. The van der Waals surface area contributed by atoms with Gasteiger partial charge < -0.3 is 4.74 Å². The molecule has 2 unspecified atom stereocenters. The summed E-state index contributed by atoms with van der Waals surface area (Å²) in [6, 6.07) is 0. The summed E-state index contributed by atoms with van der Waals surface area (Å²) in [5.74, 6) is 0.943. The molecule has 2 aliphatic heterocycles. The van der Waals surface area contributed by atoms with Crippen LogP contribution in [0.15, 0.2) is 0 Å². The van der Waals surface area contributed by atoms with E-state index in [1.165, 1.54) is 4.31 Å². The van der Waals surface area contributed by atoms with Crippen molar-refractivity contribution in [1.29, 1.82) is 0 Å². The fourth-order valence-electron chi connectivity index (χ4n) is 2.66. The monoisotopic (exact) mass is 310 g/mol. The molecule has 2 aliphatic rings. The Morgan fingerprint density at radius 3 is 2.37 bits per heavy atom. The maximum Gasteiger partial charge on any atom is 0.282 e. The molecule has 0 N–H and O–H groups in total. The number of nitrogens with zero attached hydrogens (tertiary/aromatic N) is 2. The molecule has 0 radical (unpaired) electrons. The predicted octanol–water partition coefficient (Wildman–Crippen LogP) is 1.29. The van der Waals surface area contributed by atoms with Crippen molar-refractivity contribution >= 4 is 21.8 Å². The lowest BCUT2D eigenvalue weighted by atomic mass is 10.0. The highest BCUT2D eigenvalue weighted by Crippen LogP contribution is 2.23. The summed E-state index contributed by atoms with van der Waals surface area (Å²) in [5, 5.41) is 0. The van der Waals surface area contributed by atoms with E-state index in [-0.39, 0.29) is 12.2 Å². The largest absolute Gasteiger partial charge is 0.371 e. The summed E-state index contributed by atoms with van der Waals surface area (Å²) in [5.41, 5.74) is 0. The summed E-state index contributed by atoms with van der Waals surface area (Å²) in [7, 11) is -3.36. The number of hydrogen-bond acceptors (Lipinski definition) is 3. The Hall–Kier alpha value is 0.120. The van der Waals surface area contributed by atoms with Crippen molar-refractivity contribution in [3.05, 3.63) is 0 Å². The summed E-state index contributed by atoms with van der Waals surface area (Å²) in [6.07, 6.45) is 1.58. The van der Waals surface area contributed by atoms with Crippen LogP contribution in [0.5, 0.6) is 0 Å². The zero-order valence-corrected chi connectivity index (χ0v) is 13.2. The molecule has 112 valence electrons. The van der Waals surface area contributed by atoms with Crippen LogP contribution in [0.2, 0.25) is 0 Å². The highest BCUT2D eigenvalue weighted by molar-refractivity contribution is 7.86. The predicted molar refractivity (Wildman–Crippen MR) is 75.5 cm³/mol. The first-order valence-electron chi connectivity index (χ1n) is 6.90. The van der Waals surface area contributed by atoms with Crippen molar-refractivity contribution in [2.75, 3.05) is 32.1 Å². The van der Waals surface area contributed by atoms with Crippen LogP contribution in [0.1, 0.15) is 26.7 Å². The minimum atomic E-state index is -3.36. The highest BCUT2D eigenvalue weighted by Gasteiger charge is 2.37. The molecule has 0 saturated carbocycles. The Bertz CT molecular complexity index is 396. The van der Waals surface area contributed by atoms with Gasteiger partial charge in [0, 0.05) is 32.1 Å². The van der Waals surface area contributed by atoms with E-state index in [4.69, 9.17) is 16.3 Å². The van der Waals surface area contributed by atoms with Gasteiger partial charge >= 0.3 is 0 Å². The molecule has 2 atom stereocenters. The second kappa shape index (κ2) is 6.26. The Morgan fingerprint density at radius 2 is 1.79 bits per heavy atom. The van der Waals surface area contributed by atoms with Crippen LogP contribution >= 0.6 is 11.6 Å². The van der Waals surface area contributed by atoms with E-state index < -0.39 is 10.2 Å². The van der Waals surface area contributed by atoms with Crippen LogP contribution in [0.25, 0.3) is 0 Å². The van der Waals surface area contributed by atoms with Gasteiger partial charge in [-0.05, 0) is 25.7 Å². The Balaban J connectivity index is 2.06. The lowest BCUT2D eigenvalue weighted by Crippen LogP contribution is -2.55. The van der Waals surface area contributed by atoms with Crippen LogP contribution in [-0.4, -0.2) is 61.3 Å². The first-order valence-corrected chi connectivity index (χ1v) is 8.83. The van der Waals surface area contributed by atoms with Crippen LogP contribution in [-0.2, 0) is 14.9 Å². The SMILES string of the molecule is CC1CCN(S(=O)(=O)N2CC(C)OC(CCl)C2)CC1. The standard InChI is InChI=1S/C12H23ClN2O3S/c1-10-3-5-14(6-4-10)19(16,17)15-8-11(2)18-12(7-13)9-15/h10-12H,3-9H2,1-2H3. The van der Waals surface area contributed by atoms with Crippen LogP contribution in [0.3, 0.4) is 0 Å². The molecule has 2 rings (SSSR count). The third-order valence-corrected chi connectivity index (χ3v) is 6.17. The lowest BCUT2D eigenvalue weighted by molar-refractivity contribution is -0.0439. The van der Waals surface area contributed by atoms with Gasteiger partial charge in [0.2, 0.25) is 0 Å². The summed E-state index contributed by atoms with van der Waals surface area (Å²) in [4.78, 5) is 0. The fraction of sp³-hybridized carbons (Fsp3) is 1.00. The molecule has 0 bridgehead atoms. The van der Waals surface area contributed by atoms with Crippen molar-refractivity contribution in [2.24, 2.45) is 5.92 Å². The quantitative estimate of drug-likeness (QED) is 0.738. The van der Waals surface area contributed by atoms with Crippen molar-refractivity contribution in [1.82, 2.24) is 8.61 Å². The molecular formula is C12H23ClN2O3S. The van der Waals surface area contributed by atoms with Gasteiger partial charge in [-0.25, -0.2) is 0 Å². The van der Waals surface area contributed by atoms with E-state index in [0.29, 0.717) is 38.0 Å². The summed E-state index contributed by atoms with van der Waals surface area (Å²) >= 11 is 5.81. The smallest absolute Gasteiger partial charge is 0.282 e. The van der Waals surface area contributed by atoms with E-state index in [2.05, 4.69) is 6.92 Å². The van der Waals surface area contributed by atoms with Gasteiger partial charge in [0.1, 0.15) is 0 Å². The molecule has 2 heterocycles. The number of alkyl halides is 1. The maximum atomic E-state index is 12.6. The number of piperidine rings is 1. The summed E-state index contributed by atoms with van der Waals surface area (Å²) < 4.78 is 34.0. The third-order valence-electron chi connectivity index (χ3n) is 3.86. The average molecular weight is 311 g/mol. The normalized spacial score (nSPS) is 32.6. The number of ether oxygens (including phenoxy) is 1. The maximum absolute atomic E-state index is 12.6. The second-order valence-electron chi connectivity index (χ2n) is 5.63. The van der Waals surface area contributed by atoms with E-state index in [0.717, 1.165) is 12.8 Å². The number of hydrogen-bond donors (Lipinski definition) is 0. The molecular weight excluding hydrogens is 288 g/mol. The molecule has 0 spiro atoms. The molecule has 0 aromatic heterocycles. The molecule has 19 heavy (non-hydrogen) atoms. The highest BCUT2D eigenvalue weighted by atomic mass is 35.5. The number of halogens is 1. The van der Waals surface area contributed by atoms with E-state index in [1.54, 1.807) is 4.31 Å².